The summed E-state index contributed by atoms with van der Waals surface area (Å²) in [7, 11) is 1.58. The smallest absolute Gasteiger partial charge is 0.250 e. The Balaban J connectivity index is 2.30. The van der Waals surface area contributed by atoms with Gasteiger partial charge < -0.3 is 0 Å². The highest BCUT2D eigenvalue weighted by Gasteiger charge is 2.34. The number of hydrogen-bond donors (Lipinski definition) is 0. The second kappa shape index (κ2) is 4.83. The number of rotatable bonds is 1. The minimum absolute atomic E-state index is 0.0163. The molecule has 3 rings (SSSR count). The van der Waals surface area contributed by atoms with Crippen LogP contribution in [0.4, 0.5) is 13.2 Å². The lowest BCUT2D eigenvalue weighted by molar-refractivity contribution is -0.136. The average molecular weight is 305 g/mol. The molecule has 0 saturated heterocycles. The van der Waals surface area contributed by atoms with Gasteiger partial charge in [-0.1, -0.05) is 12.1 Å². The number of pyridine rings is 1. The molecule has 3 aromatic rings. The van der Waals surface area contributed by atoms with E-state index in [4.69, 9.17) is 0 Å². The molecule has 2 aromatic heterocycles. The Kier molecular flexibility index (Phi) is 3.20. The van der Waals surface area contributed by atoms with Gasteiger partial charge in [0.05, 0.1) is 22.8 Å². The number of aryl methyl sites for hydroxylation is 3. The topological polar surface area (TPSA) is 30.7 Å². The van der Waals surface area contributed by atoms with Crippen molar-refractivity contribution in [3.8, 4) is 11.3 Å². The zero-order valence-electron chi connectivity index (χ0n) is 12.4. The van der Waals surface area contributed by atoms with Crippen molar-refractivity contribution >= 4 is 11.0 Å². The van der Waals surface area contributed by atoms with Crippen LogP contribution in [0.1, 0.15) is 16.7 Å². The highest BCUT2D eigenvalue weighted by Crippen LogP contribution is 2.36. The van der Waals surface area contributed by atoms with Crippen LogP contribution in [0.25, 0.3) is 22.3 Å². The minimum Gasteiger partial charge on any atom is -0.250 e. The van der Waals surface area contributed by atoms with Crippen molar-refractivity contribution in [1.82, 2.24) is 14.8 Å². The van der Waals surface area contributed by atoms with E-state index in [1.54, 1.807) is 13.1 Å². The molecule has 0 radical (unpaired) electrons. The van der Waals surface area contributed by atoms with Crippen LogP contribution in [0.15, 0.2) is 30.5 Å². The molecule has 0 spiro atoms. The summed E-state index contributed by atoms with van der Waals surface area (Å²) in [6.07, 6.45) is -3.24. The van der Waals surface area contributed by atoms with Crippen LogP contribution in [-0.2, 0) is 13.2 Å². The van der Waals surface area contributed by atoms with Gasteiger partial charge in [-0.05, 0) is 37.1 Å². The number of halogens is 3. The molecule has 22 heavy (non-hydrogen) atoms. The molecular formula is C16H14F3N3. The molecule has 0 unspecified atom stereocenters. The highest BCUT2D eigenvalue weighted by molar-refractivity contribution is 5.83. The molecular weight excluding hydrogens is 291 g/mol. The molecule has 0 fully saturated rings. The van der Waals surface area contributed by atoms with Gasteiger partial charge in [0, 0.05) is 12.6 Å². The fourth-order valence-electron chi connectivity index (χ4n) is 2.40. The number of benzene rings is 1. The van der Waals surface area contributed by atoms with Crippen molar-refractivity contribution in [2.24, 2.45) is 7.05 Å². The molecule has 3 nitrogen and oxygen atoms in total. The summed E-state index contributed by atoms with van der Waals surface area (Å²) in [5, 5.41) is 3.91. The van der Waals surface area contributed by atoms with E-state index in [1.165, 1.54) is 10.9 Å². The SMILES string of the molecule is Cc1ccc(-c2cc(C(F)(F)F)c3cnn(C)c3n2)cc1C. The monoisotopic (exact) mass is 305 g/mol. The van der Waals surface area contributed by atoms with Gasteiger partial charge in [0.1, 0.15) is 0 Å². The van der Waals surface area contributed by atoms with Gasteiger partial charge in [0.2, 0.25) is 0 Å². The summed E-state index contributed by atoms with van der Waals surface area (Å²) in [6.45, 7) is 3.88. The summed E-state index contributed by atoms with van der Waals surface area (Å²) in [4.78, 5) is 4.35. The number of fused-ring (bicyclic) bond motifs is 1. The summed E-state index contributed by atoms with van der Waals surface area (Å²) < 4.78 is 41.3. The molecule has 0 bridgehead atoms. The molecule has 114 valence electrons. The van der Waals surface area contributed by atoms with Crippen molar-refractivity contribution in [2.75, 3.05) is 0 Å². The maximum atomic E-state index is 13.3. The van der Waals surface area contributed by atoms with Crippen LogP contribution in [0.2, 0.25) is 0 Å². The van der Waals surface area contributed by atoms with Gasteiger partial charge in [-0.25, -0.2) is 4.98 Å². The van der Waals surface area contributed by atoms with Crippen LogP contribution in [0.3, 0.4) is 0 Å². The van der Waals surface area contributed by atoms with Gasteiger partial charge in [-0.3, -0.25) is 4.68 Å². The molecule has 0 saturated carbocycles. The minimum atomic E-state index is -4.45. The summed E-state index contributed by atoms with van der Waals surface area (Å²) in [6, 6.07) is 6.61. The third kappa shape index (κ3) is 2.34. The first kappa shape index (κ1) is 14.6. The Morgan fingerprint density at radius 2 is 1.77 bits per heavy atom. The Hall–Kier alpha value is -2.37. The van der Waals surface area contributed by atoms with Crippen LogP contribution < -0.4 is 0 Å². The van der Waals surface area contributed by atoms with Crippen LogP contribution in [0.5, 0.6) is 0 Å². The molecule has 0 aliphatic heterocycles. The predicted octanol–water partition coefficient (Wildman–Crippen LogP) is 4.27. The number of aromatic nitrogens is 3. The van der Waals surface area contributed by atoms with Crippen LogP contribution in [0, 0.1) is 13.8 Å². The highest BCUT2D eigenvalue weighted by atomic mass is 19.4. The summed E-state index contributed by atoms with van der Waals surface area (Å²) in [5.74, 6) is 0. The van der Waals surface area contributed by atoms with Gasteiger partial charge in [0.25, 0.3) is 0 Å². The van der Waals surface area contributed by atoms with E-state index in [1.807, 2.05) is 26.0 Å². The molecule has 0 aliphatic carbocycles. The Labute approximate surface area is 125 Å². The van der Waals surface area contributed by atoms with Gasteiger partial charge in [0.15, 0.2) is 5.65 Å². The van der Waals surface area contributed by atoms with E-state index in [0.29, 0.717) is 11.3 Å². The third-order valence-corrected chi connectivity index (χ3v) is 3.81. The number of nitrogens with zero attached hydrogens (tertiary/aromatic N) is 3. The third-order valence-electron chi connectivity index (χ3n) is 3.81. The molecule has 0 atom stereocenters. The summed E-state index contributed by atoms with van der Waals surface area (Å²) in [5.41, 5.74) is 2.57. The quantitative estimate of drug-likeness (QED) is 0.672. The second-order valence-corrected chi connectivity index (χ2v) is 5.36. The number of alkyl halides is 3. The van der Waals surface area contributed by atoms with Crippen LogP contribution >= 0.6 is 0 Å². The van der Waals surface area contributed by atoms with Crippen molar-refractivity contribution in [3.63, 3.8) is 0 Å². The standard InChI is InChI=1S/C16H14F3N3/c1-9-4-5-11(6-10(9)2)14-7-13(16(17,18)19)12-8-20-22(3)15(12)21-14/h4-8H,1-3H3. The Morgan fingerprint density at radius 1 is 1.05 bits per heavy atom. The molecule has 0 N–H and O–H groups in total. The molecule has 0 aliphatic rings. The second-order valence-electron chi connectivity index (χ2n) is 5.36. The molecule has 1 aromatic carbocycles. The van der Waals surface area contributed by atoms with E-state index in [9.17, 15) is 13.2 Å². The Morgan fingerprint density at radius 3 is 2.41 bits per heavy atom. The number of hydrogen-bond acceptors (Lipinski definition) is 2. The normalized spacial score (nSPS) is 12.1. The molecule has 6 heteroatoms. The first-order valence-electron chi connectivity index (χ1n) is 6.75. The van der Waals surface area contributed by atoms with E-state index < -0.39 is 11.7 Å². The van der Waals surface area contributed by atoms with Crippen LogP contribution in [-0.4, -0.2) is 14.8 Å². The maximum absolute atomic E-state index is 13.3. The van der Waals surface area contributed by atoms with Crippen molar-refractivity contribution < 1.29 is 13.2 Å². The average Bonchev–Trinajstić information content (AvgIpc) is 2.81. The predicted molar refractivity (Wildman–Crippen MR) is 78.4 cm³/mol. The molecule has 0 amide bonds. The first-order chi connectivity index (χ1) is 10.3. The lowest BCUT2D eigenvalue weighted by atomic mass is 10.0. The van der Waals surface area contributed by atoms with Crippen molar-refractivity contribution in [1.29, 1.82) is 0 Å². The molecule has 2 heterocycles. The van der Waals surface area contributed by atoms with E-state index >= 15 is 0 Å². The van der Waals surface area contributed by atoms with Crippen molar-refractivity contribution in [2.45, 2.75) is 20.0 Å². The summed E-state index contributed by atoms with van der Waals surface area (Å²) >= 11 is 0. The lowest BCUT2D eigenvalue weighted by Crippen LogP contribution is -2.07. The van der Waals surface area contributed by atoms with Gasteiger partial charge in [-0.2, -0.15) is 18.3 Å². The van der Waals surface area contributed by atoms with Gasteiger partial charge in [-0.15, -0.1) is 0 Å². The lowest BCUT2D eigenvalue weighted by Gasteiger charge is -2.11. The fraction of sp³-hybridized carbons (Fsp3) is 0.250. The largest absolute Gasteiger partial charge is 0.417 e. The Bertz CT molecular complexity index is 863. The van der Waals surface area contributed by atoms with Gasteiger partial charge >= 0.3 is 6.18 Å². The maximum Gasteiger partial charge on any atom is 0.417 e. The van der Waals surface area contributed by atoms with E-state index in [-0.39, 0.29) is 11.0 Å². The van der Waals surface area contributed by atoms with E-state index in [2.05, 4.69) is 10.1 Å². The first-order valence-corrected chi connectivity index (χ1v) is 6.75. The van der Waals surface area contributed by atoms with E-state index in [0.717, 1.165) is 17.2 Å². The zero-order valence-corrected chi connectivity index (χ0v) is 12.4. The zero-order chi connectivity index (χ0) is 16.1. The fourth-order valence-corrected chi connectivity index (χ4v) is 2.40. The van der Waals surface area contributed by atoms with Crippen molar-refractivity contribution in [3.05, 3.63) is 47.2 Å².